The molecule has 0 aliphatic carbocycles. The number of aromatic hydroxyl groups is 2. The van der Waals surface area contributed by atoms with E-state index in [2.05, 4.69) is 0 Å². The standard InChI is InChI=1S/C19H20O3/c1-14(2)9-10-22-19-12-16(11-18(21)13-19)4-3-15-5-7-17(20)8-6-15/h3-9,11-13,20-21H,10H2,1-2H3. The Balaban J connectivity index is 2.12. The zero-order valence-electron chi connectivity index (χ0n) is 12.8. The molecule has 2 N–H and O–H groups in total. The number of phenols is 2. The molecular formula is C19H20O3. The molecule has 0 aliphatic heterocycles. The van der Waals surface area contributed by atoms with Gasteiger partial charge in [0, 0.05) is 6.07 Å². The minimum atomic E-state index is 0.167. The second-order valence-electron chi connectivity index (χ2n) is 5.28. The second kappa shape index (κ2) is 7.36. The first kappa shape index (κ1) is 15.7. The van der Waals surface area contributed by atoms with Crippen LogP contribution in [0.4, 0.5) is 0 Å². The van der Waals surface area contributed by atoms with Crippen molar-refractivity contribution in [3.63, 3.8) is 0 Å². The van der Waals surface area contributed by atoms with Crippen LogP contribution in [0.15, 0.2) is 54.1 Å². The van der Waals surface area contributed by atoms with Gasteiger partial charge in [0.15, 0.2) is 0 Å². The Morgan fingerprint density at radius 1 is 0.909 bits per heavy atom. The summed E-state index contributed by atoms with van der Waals surface area (Å²) >= 11 is 0. The van der Waals surface area contributed by atoms with Gasteiger partial charge in [-0.25, -0.2) is 0 Å². The van der Waals surface area contributed by atoms with Gasteiger partial charge in [0.05, 0.1) is 0 Å². The molecule has 0 radical (unpaired) electrons. The molecule has 2 rings (SSSR count). The summed E-state index contributed by atoms with van der Waals surface area (Å²) in [6.45, 7) is 4.50. The predicted octanol–water partition coefficient (Wildman–Crippen LogP) is 4.61. The van der Waals surface area contributed by atoms with Gasteiger partial charge in [-0.3, -0.25) is 0 Å². The minimum absolute atomic E-state index is 0.167. The first-order valence-electron chi connectivity index (χ1n) is 7.10. The van der Waals surface area contributed by atoms with Crippen molar-refractivity contribution in [1.29, 1.82) is 0 Å². The molecule has 0 heterocycles. The molecule has 2 aromatic carbocycles. The second-order valence-corrected chi connectivity index (χ2v) is 5.28. The Hall–Kier alpha value is -2.68. The van der Waals surface area contributed by atoms with Crippen molar-refractivity contribution < 1.29 is 14.9 Å². The fourth-order valence-electron chi connectivity index (χ4n) is 1.87. The van der Waals surface area contributed by atoms with Crippen LogP contribution in [-0.4, -0.2) is 16.8 Å². The van der Waals surface area contributed by atoms with Gasteiger partial charge in [0.2, 0.25) is 0 Å². The van der Waals surface area contributed by atoms with Crippen molar-refractivity contribution >= 4 is 12.2 Å². The molecule has 0 aromatic heterocycles. The van der Waals surface area contributed by atoms with Crippen LogP contribution in [0.25, 0.3) is 12.2 Å². The van der Waals surface area contributed by atoms with Crippen LogP contribution >= 0.6 is 0 Å². The predicted molar refractivity (Wildman–Crippen MR) is 90.1 cm³/mol. The summed E-state index contributed by atoms with van der Waals surface area (Å²) < 4.78 is 5.60. The summed E-state index contributed by atoms with van der Waals surface area (Å²) in [4.78, 5) is 0. The van der Waals surface area contributed by atoms with Gasteiger partial charge in [-0.05, 0) is 55.3 Å². The molecule has 3 heteroatoms. The highest BCUT2D eigenvalue weighted by Crippen LogP contribution is 2.23. The van der Waals surface area contributed by atoms with Gasteiger partial charge in [-0.15, -0.1) is 0 Å². The van der Waals surface area contributed by atoms with Crippen LogP contribution in [0.2, 0.25) is 0 Å². The van der Waals surface area contributed by atoms with E-state index in [9.17, 15) is 10.2 Å². The third kappa shape index (κ3) is 5.02. The monoisotopic (exact) mass is 296 g/mol. The zero-order valence-corrected chi connectivity index (χ0v) is 12.8. The molecule has 22 heavy (non-hydrogen) atoms. The quantitative estimate of drug-likeness (QED) is 0.625. The van der Waals surface area contributed by atoms with Crippen molar-refractivity contribution in [2.45, 2.75) is 13.8 Å². The van der Waals surface area contributed by atoms with Crippen molar-refractivity contribution in [3.8, 4) is 17.2 Å². The average Bonchev–Trinajstić information content (AvgIpc) is 2.46. The van der Waals surface area contributed by atoms with E-state index in [1.807, 2.05) is 50.3 Å². The van der Waals surface area contributed by atoms with E-state index in [0.717, 1.165) is 11.1 Å². The molecule has 0 unspecified atom stereocenters. The topological polar surface area (TPSA) is 49.7 Å². The summed E-state index contributed by atoms with van der Waals surface area (Å²) in [5, 5.41) is 19.0. The SMILES string of the molecule is CC(C)=CCOc1cc(O)cc(C=Cc2ccc(O)cc2)c1. The molecule has 2 aromatic rings. The fourth-order valence-corrected chi connectivity index (χ4v) is 1.87. The third-order valence-corrected chi connectivity index (χ3v) is 3.02. The lowest BCUT2D eigenvalue weighted by atomic mass is 10.1. The van der Waals surface area contributed by atoms with Gasteiger partial charge >= 0.3 is 0 Å². The maximum absolute atomic E-state index is 9.77. The fraction of sp³-hybridized carbons (Fsp3) is 0.158. The number of rotatable bonds is 5. The zero-order chi connectivity index (χ0) is 15.9. The van der Waals surface area contributed by atoms with E-state index in [1.165, 1.54) is 5.57 Å². The van der Waals surface area contributed by atoms with Gasteiger partial charge < -0.3 is 14.9 Å². The average molecular weight is 296 g/mol. The van der Waals surface area contributed by atoms with E-state index in [0.29, 0.717) is 12.4 Å². The Kier molecular flexibility index (Phi) is 5.26. The van der Waals surface area contributed by atoms with Gasteiger partial charge in [-0.1, -0.05) is 29.9 Å². The Morgan fingerprint density at radius 2 is 1.59 bits per heavy atom. The van der Waals surface area contributed by atoms with E-state index < -0.39 is 0 Å². The summed E-state index contributed by atoms with van der Waals surface area (Å²) in [6, 6.07) is 12.0. The number of phenolic OH excluding ortho intramolecular Hbond substituents is 2. The van der Waals surface area contributed by atoms with Crippen molar-refractivity contribution in [3.05, 3.63) is 65.2 Å². The summed E-state index contributed by atoms with van der Waals surface area (Å²) in [5.74, 6) is 1.03. The molecule has 0 fully saturated rings. The van der Waals surface area contributed by atoms with Crippen LogP contribution in [0.5, 0.6) is 17.2 Å². The Labute approximate surface area is 130 Å². The summed E-state index contributed by atoms with van der Waals surface area (Å²) in [6.07, 6.45) is 5.78. The van der Waals surface area contributed by atoms with E-state index in [4.69, 9.17) is 4.74 Å². The van der Waals surface area contributed by atoms with E-state index in [1.54, 1.807) is 24.3 Å². The smallest absolute Gasteiger partial charge is 0.124 e. The van der Waals surface area contributed by atoms with E-state index >= 15 is 0 Å². The number of ether oxygens (including phenoxy) is 1. The molecule has 114 valence electrons. The Bertz CT molecular complexity index is 678. The molecule has 0 amide bonds. The number of allylic oxidation sites excluding steroid dienone is 1. The van der Waals surface area contributed by atoms with Gasteiger partial charge in [-0.2, -0.15) is 0 Å². The summed E-state index contributed by atoms with van der Waals surface area (Å²) in [5.41, 5.74) is 3.00. The van der Waals surface area contributed by atoms with Gasteiger partial charge in [0.1, 0.15) is 23.9 Å². The molecule has 0 bridgehead atoms. The van der Waals surface area contributed by atoms with Crippen LogP contribution in [0, 0.1) is 0 Å². The maximum Gasteiger partial charge on any atom is 0.124 e. The maximum atomic E-state index is 9.77. The highest BCUT2D eigenvalue weighted by molar-refractivity contribution is 5.71. The van der Waals surface area contributed by atoms with E-state index in [-0.39, 0.29) is 11.5 Å². The largest absolute Gasteiger partial charge is 0.508 e. The van der Waals surface area contributed by atoms with Crippen LogP contribution in [0.3, 0.4) is 0 Å². The lowest BCUT2D eigenvalue weighted by Crippen LogP contribution is -1.94. The molecule has 3 nitrogen and oxygen atoms in total. The van der Waals surface area contributed by atoms with Crippen LogP contribution in [-0.2, 0) is 0 Å². The highest BCUT2D eigenvalue weighted by atomic mass is 16.5. The molecular weight excluding hydrogens is 276 g/mol. The lowest BCUT2D eigenvalue weighted by Gasteiger charge is -2.06. The number of hydrogen-bond acceptors (Lipinski definition) is 3. The molecule has 0 aliphatic rings. The van der Waals surface area contributed by atoms with Gasteiger partial charge in [0.25, 0.3) is 0 Å². The molecule has 0 atom stereocenters. The molecule has 0 saturated heterocycles. The minimum Gasteiger partial charge on any atom is -0.508 e. The summed E-state index contributed by atoms with van der Waals surface area (Å²) in [7, 11) is 0. The first-order valence-corrected chi connectivity index (χ1v) is 7.10. The lowest BCUT2D eigenvalue weighted by molar-refractivity contribution is 0.358. The van der Waals surface area contributed by atoms with Crippen molar-refractivity contribution in [2.75, 3.05) is 6.61 Å². The highest BCUT2D eigenvalue weighted by Gasteiger charge is 1.99. The molecule has 0 saturated carbocycles. The Morgan fingerprint density at radius 3 is 2.27 bits per heavy atom. The van der Waals surface area contributed by atoms with Crippen LogP contribution < -0.4 is 4.74 Å². The van der Waals surface area contributed by atoms with Crippen LogP contribution in [0.1, 0.15) is 25.0 Å². The number of hydrogen-bond donors (Lipinski definition) is 2. The molecule has 0 spiro atoms. The number of benzene rings is 2. The third-order valence-electron chi connectivity index (χ3n) is 3.02. The van der Waals surface area contributed by atoms with Crippen molar-refractivity contribution in [1.82, 2.24) is 0 Å². The normalized spacial score (nSPS) is 10.6. The van der Waals surface area contributed by atoms with Crippen molar-refractivity contribution in [2.24, 2.45) is 0 Å². The first-order chi connectivity index (χ1) is 10.5.